The van der Waals surface area contributed by atoms with Crippen molar-refractivity contribution >= 4 is 11.8 Å². The Bertz CT molecular complexity index is 260. The van der Waals surface area contributed by atoms with E-state index in [4.69, 9.17) is 10.5 Å². The molecule has 6 heteroatoms. The van der Waals surface area contributed by atoms with Gasteiger partial charge in [-0.15, -0.1) is 0 Å². The fourth-order valence-electron chi connectivity index (χ4n) is 1.74. The zero-order chi connectivity index (χ0) is 12.1. The number of rotatable bonds is 3. The van der Waals surface area contributed by atoms with Gasteiger partial charge >= 0.3 is 0 Å². The molecule has 1 heterocycles. The molecule has 0 bridgehead atoms. The van der Waals surface area contributed by atoms with Crippen molar-refractivity contribution in [3.63, 3.8) is 0 Å². The van der Waals surface area contributed by atoms with Crippen molar-refractivity contribution in [3.8, 4) is 0 Å². The van der Waals surface area contributed by atoms with Crippen molar-refractivity contribution in [2.45, 2.75) is 26.1 Å². The standard InChI is InChI=1S/C10H19N3O3/c1-7-5-13(6-8(2)16-7)10(15)4-12-9(14)3-11/h7-8H,3-6,11H2,1-2H3,(H,12,14)/t7-,8+. The summed E-state index contributed by atoms with van der Waals surface area (Å²) < 4.78 is 5.51. The van der Waals surface area contributed by atoms with E-state index >= 15 is 0 Å². The number of ether oxygens (including phenoxy) is 1. The molecule has 1 aliphatic rings. The molecular formula is C10H19N3O3. The SMILES string of the molecule is C[C@@H]1CN(C(=O)CNC(=O)CN)C[C@H](C)O1. The Hall–Kier alpha value is -1.14. The fourth-order valence-corrected chi connectivity index (χ4v) is 1.74. The van der Waals surface area contributed by atoms with Crippen molar-refractivity contribution in [1.82, 2.24) is 10.2 Å². The van der Waals surface area contributed by atoms with E-state index in [1.165, 1.54) is 0 Å². The van der Waals surface area contributed by atoms with Crippen molar-refractivity contribution in [2.75, 3.05) is 26.2 Å². The summed E-state index contributed by atoms with van der Waals surface area (Å²) in [6.07, 6.45) is 0.0795. The highest BCUT2D eigenvalue weighted by Crippen LogP contribution is 2.10. The molecule has 0 saturated carbocycles. The largest absolute Gasteiger partial charge is 0.372 e. The maximum atomic E-state index is 11.7. The number of hydrogen-bond donors (Lipinski definition) is 2. The van der Waals surface area contributed by atoms with Crippen molar-refractivity contribution in [2.24, 2.45) is 5.73 Å². The van der Waals surface area contributed by atoms with Crippen LogP contribution in [0.1, 0.15) is 13.8 Å². The number of nitrogens with zero attached hydrogens (tertiary/aromatic N) is 1. The molecular weight excluding hydrogens is 210 g/mol. The molecule has 1 fully saturated rings. The van der Waals surface area contributed by atoms with E-state index in [9.17, 15) is 9.59 Å². The number of nitrogens with two attached hydrogens (primary N) is 1. The summed E-state index contributed by atoms with van der Waals surface area (Å²) >= 11 is 0. The monoisotopic (exact) mass is 229 g/mol. The summed E-state index contributed by atoms with van der Waals surface area (Å²) in [5.74, 6) is -0.411. The van der Waals surface area contributed by atoms with Crippen LogP contribution in [0.5, 0.6) is 0 Å². The second-order valence-electron chi connectivity index (χ2n) is 4.04. The first-order valence-corrected chi connectivity index (χ1v) is 5.43. The summed E-state index contributed by atoms with van der Waals surface area (Å²) in [5, 5.41) is 2.46. The van der Waals surface area contributed by atoms with Gasteiger partial charge in [-0.2, -0.15) is 0 Å². The fraction of sp³-hybridized carbons (Fsp3) is 0.800. The molecule has 1 saturated heterocycles. The Morgan fingerprint density at radius 1 is 1.38 bits per heavy atom. The van der Waals surface area contributed by atoms with Crippen LogP contribution < -0.4 is 11.1 Å². The van der Waals surface area contributed by atoms with Crippen LogP contribution >= 0.6 is 0 Å². The molecule has 16 heavy (non-hydrogen) atoms. The highest BCUT2D eigenvalue weighted by atomic mass is 16.5. The lowest BCUT2D eigenvalue weighted by molar-refractivity contribution is -0.143. The molecule has 0 radical (unpaired) electrons. The smallest absolute Gasteiger partial charge is 0.242 e. The Morgan fingerprint density at radius 2 is 1.94 bits per heavy atom. The van der Waals surface area contributed by atoms with Crippen LogP contribution in [0.25, 0.3) is 0 Å². The lowest BCUT2D eigenvalue weighted by Gasteiger charge is -2.35. The lowest BCUT2D eigenvalue weighted by Crippen LogP contribution is -2.51. The summed E-state index contributed by atoms with van der Waals surface area (Å²) in [5.41, 5.74) is 5.12. The first-order valence-electron chi connectivity index (χ1n) is 5.43. The van der Waals surface area contributed by atoms with E-state index in [-0.39, 0.29) is 37.1 Å². The van der Waals surface area contributed by atoms with Gasteiger partial charge in [0.2, 0.25) is 11.8 Å². The maximum Gasteiger partial charge on any atom is 0.242 e. The van der Waals surface area contributed by atoms with Crippen molar-refractivity contribution in [3.05, 3.63) is 0 Å². The third-order valence-electron chi connectivity index (χ3n) is 2.39. The van der Waals surface area contributed by atoms with Crippen molar-refractivity contribution in [1.29, 1.82) is 0 Å². The van der Waals surface area contributed by atoms with Crippen LogP contribution in [-0.4, -0.2) is 55.1 Å². The molecule has 0 aromatic rings. The minimum atomic E-state index is -0.317. The first-order chi connectivity index (χ1) is 7.52. The summed E-state index contributed by atoms with van der Waals surface area (Å²) in [6, 6.07) is 0. The number of amides is 2. The molecule has 6 nitrogen and oxygen atoms in total. The van der Waals surface area contributed by atoms with Gasteiger partial charge in [-0.05, 0) is 13.8 Å². The van der Waals surface area contributed by atoms with E-state index in [0.717, 1.165) is 0 Å². The van der Waals surface area contributed by atoms with Gasteiger partial charge in [0, 0.05) is 13.1 Å². The predicted molar refractivity (Wildman–Crippen MR) is 58.7 cm³/mol. The third-order valence-corrected chi connectivity index (χ3v) is 2.39. The molecule has 0 aliphatic carbocycles. The minimum Gasteiger partial charge on any atom is -0.372 e. The average molecular weight is 229 g/mol. The van der Waals surface area contributed by atoms with E-state index in [1.807, 2.05) is 13.8 Å². The second-order valence-corrected chi connectivity index (χ2v) is 4.04. The van der Waals surface area contributed by atoms with Gasteiger partial charge < -0.3 is 20.7 Å². The number of hydrogen-bond acceptors (Lipinski definition) is 4. The Labute approximate surface area is 95.1 Å². The normalized spacial score (nSPS) is 25.3. The van der Waals surface area contributed by atoms with Crippen LogP contribution in [0.4, 0.5) is 0 Å². The highest BCUT2D eigenvalue weighted by molar-refractivity contribution is 5.85. The average Bonchev–Trinajstić information content (AvgIpc) is 2.23. The van der Waals surface area contributed by atoms with E-state index in [0.29, 0.717) is 13.1 Å². The van der Waals surface area contributed by atoms with Gasteiger partial charge in [0.25, 0.3) is 0 Å². The van der Waals surface area contributed by atoms with Crippen LogP contribution in [0.2, 0.25) is 0 Å². The first kappa shape index (κ1) is 12.9. The Kier molecular flexibility index (Phi) is 4.70. The molecule has 1 rings (SSSR count). The summed E-state index contributed by atoms with van der Waals surface area (Å²) in [6.45, 7) is 4.91. The second kappa shape index (κ2) is 5.81. The Morgan fingerprint density at radius 3 is 2.44 bits per heavy atom. The predicted octanol–water partition coefficient (Wildman–Crippen LogP) is -1.30. The maximum absolute atomic E-state index is 11.7. The topological polar surface area (TPSA) is 84.7 Å². The third kappa shape index (κ3) is 3.79. The van der Waals surface area contributed by atoms with E-state index in [2.05, 4.69) is 5.32 Å². The molecule has 0 spiro atoms. The molecule has 0 aromatic heterocycles. The highest BCUT2D eigenvalue weighted by Gasteiger charge is 2.25. The van der Waals surface area contributed by atoms with Gasteiger partial charge in [-0.25, -0.2) is 0 Å². The number of carbonyl (C=O) groups excluding carboxylic acids is 2. The van der Waals surface area contributed by atoms with E-state index < -0.39 is 0 Å². The van der Waals surface area contributed by atoms with Gasteiger partial charge in [-0.3, -0.25) is 9.59 Å². The number of nitrogens with one attached hydrogen (secondary N) is 1. The van der Waals surface area contributed by atoms with Crippen LogP contribution in [0.3, 0.4) is 0 Å². The number of carbonyl (C=O) groups is 2. The quantitative estimate of drug-likeness (QED) is 0.630. The molecule has 2 atom stereocenters. The van der Waals surface area contributed by atoms with E-state index in [1.54, 1.807) is 4.90 Å². The van der Waals surface area contributed by atoms with Crippen LogP contribution in [0, 0.1) is 0 Å². The molecule has 0 aromatic carbocycles. The lowest BCUT2D eigenvalue weighted by atomic mass is 10.2. The van der Waals surface area contributed by atoms with Gasteiger partial charge in [0.15, 0.2) is 0 Å². The zero-order valence-electron chi connectivity index (χ0n) is 9.73. The Balaban J connectivity index is 2.38. The molecule has 3 N–H and O–H groups in total. The van der Waals surface area contributed by atoms with Gasteiger partial charge in [-0.1, -0.05) is 0 Å². The molecule has 92 valence electrons. The minimum absolute atomic E-state index is 0.00940. The molecule has 1 aliphatic heterocycles. The van der Waals surface area contributed by atoms with Crippen molar-refractivity contribution < 1.29 is 14.3 Å². The molecule has 0 unspecified atom stereocenters. The van der Waals surface area contributed by atoms with Gasteiger partial charge in [0.05, 0.1) is 25.3 Å². The summed E-state index contributed by atoms with van der Waals surface area (Å²) in [7, 11) is 0. The van der Waals surface area contributed by atoms with Gasteiger partial charge in [0.1, 0.15) is 0 Å². The number of morpholine rings is 1. The van der Waals surface area contributed by atoms with Crippen LogP contribution in [-0.2, 0) is 14.3 Å². The summed E-state index contributed by atoms with van der Waals surface area (Å²) in [4.78, 5) is 24.3. The zero-order valence-corrected chi connectivity index (χ0v) is 9.73. The molecule has 2 amide bonds. The van der Waals surface area contributed by atoms with Crippen LogP contribution in [0.15, 0.2) is 0 Å².